The van der Waals surface area contributed by atoms with Gasteiger partial charge in [0.15, 0.2) is 16.8 Å². The average Bonchev–Trinajstić information content (AvgIpc) is 2.60. The fourth-order valence-electron chi connectivity index (χ4n) is 1.66. The van der Waals surface area contributed by atoms with Gasteiger partial charge in [-0.15, -0.1) is 0 Å². The summed E-state index contributed by atoms with van der Waals surface area (Å²) < 4.78 is 5.32. The Balaban J connectivity index is 1.65. The number of ether oxygens (including phenoxy) is 1. The van der Waals surface area contributed by atoms with Crippen LogP contribution in [0.25, 0.3) is 0 Å². The van der Waals surface area contributed by atoms with Crippen LogP contribution in [0.4, 0.5) is 5.69 Å². The average molecular weight is 360 g/mol. The second-order valence-corrected chi connectivity index (χ2v) is 5.37. The first-order chi connectivity index (χ1) is 11.6. The van der Waals surface area contributed by atoms with Crippen LogP contribution in [0.15, 0.2) is 60.7 Å². The zero-order chi connectivity index (χ0) is 17.2. The fraction of sp³-hybridized carbons (Fsp3) is 0.0625. The van der Waals surface area contributed by atoms with Crippen molar-refractivity contribution in [3.8, 4) is 5.75 Å². The molecule has 0 aliphatic rings. The highest BCUT2D eigenvalue weighted by Gasteiger charge is 2.06. The summed E-state index contributed by atoms with van der Waals surface area (Å²) in [6.07, 6.45) is 0. The maximum absolute atomic E-state index is 11.7. The molecule has 0 aliphatic heterocycles. The molecular formula is C16H16N4O2S2. The van der Waals surface area contributed by atoms with E-state index in [1.165, 1.54) is 0 Å². The van der Waals surface area contributed by atoms with Crippen LogP contribution in [0.1, 0.15) is 0 Å². The van der Waals surface area contributed by atoms with E-state index in [0.717, 1.165) is 5.69 Å². The van der Waals surface area contributed by atoms with Crippen LogP contribution in [0, 0.1) is 0 Å². The Labute approximate surface area is 150 Å². The van der Waals surface area contributed by atoms with Crippen molar-refractivity contribution in [2.45, 2.75) is 0 Å². The first-order valence-electron chi connectivity index (χ1n) is 7.03. The molecule has 1 amide bonds. The molecule has 0 bridgehead atoms. The van der Waals surface area contributed by atoms with Crippen molar-refractivity contribution in [3.63, 3.8) is 0 Å². The van der Waals surface area contributed by atoms with Gasteiger partial charge in [0.1, 0.15) is 5.75 Å². The van der Waals surface area contributed by atoms with E-state index in [1.54, 1.807) is 12.1 Å². The van der Waals surface area contributed by atoms with Crippen molar-refractivity contribution < 1.29 is 9.53 Å². The summed E-state index contributed by atoms with van der Waals surface area (Å²) in [4.78, 5) is 11.7. The maximum atomic E-state index is 11.7. The van der Waals surface area contributed by atoms with Crippen LogP contribution in [0.5, 0.6) is 5.75 Å². The molecule has 2 aromatic carbocycles. The highest BCUT2D eigenvalue weighted by atomic mass is 32.1. The molecule has 0 heterocycles. The third-order valence-electron chi connectivity index (χ3n) is 2.69. The lowest BCUT2D eigenvalue weighted by molar-refractivity contribution is -0.121. The van der Waals surface area contributed by atoms with E-state index in [2.05, 4.69) is 21.5 Å². The summed E-state index contributed by atoms with van der Waals surface area (Å²) in [5.74, 6) is 0.234. The molecule has 0 atom stereocenters. The SMILES string of the molecule is O=C(COc1ccccc1)NC(=S)NNC(=S)Nc1ccccc1. The molecule has 0 aliphatic carbocycles. The predicted octanol–water partition coefficient (Wildman–Crippen LogP) is 1.96. The van der Waals surface area contributed by atoms with Gasteiger partial charge in [0.2, 0.25) is 0 Å². The van der Waals surface area contributed by atoms with E-state index in [4.69, 9.17) is 29.2 Å². The Kier molecular flexibility index (Phi) is 6.93. The number of benzene rings is 2. The monoisotopic (exact) mass is 360 g/mol. The molecule has 0 saturated carbocycles. The van der Waals surface area contributed by atoms with Gasteiger partial charge >= 0.3 is 0 Å². The molecule has 0 saturated heterocycles. The molecule has 0 unspecified atom stereocenters. The summed E-state index contributed by atoms with van der Waals surface area (Å²) in [7, 11) is 0. The number of thiocarbonyl (C=S) groups is 2. The fourth-order valence-corrected chi connectivity index (χ4v) is 1.99. The van der Waals surface area contributed by atoms with Crippen LogP contribution in [-0.2, 0) is 4.79 Å². The highest BCUT2D eigenvalue weighted by molar-refractivity contribution is 7.80. The molecule has 8 heteroatoms. The Morgan fingerprint density at radius 2 is 1.46 bits per heavy atom. The highest BCUT2D eigenvalue weighted by Crippen LogP contribution is 2.07. The normalized spacial score (nSPS) is 9.50. The first kappa shape index (κ1) is 17.6. The molecule has 0 spiro atoms. The number of carbonyl (C=O) groups excluding carboxylic acids is 1. The van der Waals surface area contributed by atoms with Crippen LogP contribution in [0.3, 0.4) is 0 Å². The minimum absolute atomic E-state index is 0.0915. The molecule has 24 heavy (non-hydrogen) atoms. The summed E-state index contributed by atoms with van der Waals surface area (Å²) in [6, 6.07) is 18.5. The molecule has 6 nitrogen and oxygen atoms in total. The topological polar surface area (TPSA) is 74.4 Å². The van der Waals surface area contributed by atoms with Gasteiger partial charge in [-0.1, -0.05) is 36.4 Å². The van der Waals surface area contributed by atoms with Crippen LogP contribution >= 0.6 is 24.4 Å². The second kappa shape index (κ2) is 9.43. The number of para-hydroxylation sites is 2. The molecule has 4 N–H and O–H groups in total. The Morgan fingerprint density at radius 1 is 0.875 bits per heavy atom. The van der Waals surface area contributed by atoms with E-state index in [-0.39, 0.29) is 17.6 Å². The lowest BCUT2D eigenvalue weighted by atomic mass is 10.3. The largest absolute Gasteiger partial charge is 0.484 e. The van der Waals surface area contributed by atoms with E-state index in [1.807, 2.05) is 48.5 Å². The van der Waals surface area contributed by atoms with Crippen molar-refractivity contribution in [2.24, 2.45) is 0 Å². The number of nitrogens with one attached hydrogen (secondary N) is 4. The van der Waals surface area contributed by atoms with Gasteiger partial charge in [-0.25, -0.2) is 0 Å². The molecule has 0 radical (unpaired) electrons. The molecule has 0 aromatic heterocycles. The third kappa shape index (κ3) is 6.59. The van der Waals surface area contributed by atoms with Crippen molar-refractivity contribution >= 4 is 46.3 Å². The Hall–Kier alpha value is -2.71. The number of carbonyl (C=O) groups is 1. The van der Waals surface area contributed by atoms with Gasteiger partial charge in [0.05, 0.1) is 0 Å². The number of amides is 1. The zero-order valence-electron chi connectivity index (χ0n) is 12.6. The van der Waals surface area contributed by atoms with Crippen LogP contribution in [0.2, 0.25) is 0 Å². The van der Waals surface area contributed by atoms with Crippen molar-refractivity contribution in [2.75, 3.05) is 11.9 Å². The minimum atomic E-state index is -0.375. The van der Waals surface area contributed by atoms with Gasteiger partial charge in [-0.3, -0.25) is 21.0 Å². The standard InChI is InChI=1S/C16H16N4O2S2/c21-14(11-22-13-9-5-2-6-10-13)18-16(24)20-19-15(23)17-12-7-3-1-4-8-12/h1-10H,11H2,(H2,17,19,23)(H2,18,20,21,24). The summed E-state index contributed by atoms with van der Waals surface area (Å²) in [6.45, 7) is -0.140. The predicted molar refractivity (Wildman–Crippen MR) is 102 cm³/mol. The van der Waals surface area contributed by atoms with Crippen LogP contribution < -0.4 is 26.2 Å². The second-order valence-electron chi connectivity index (χ2n) is 4.55. The lowest BCUT2D eigenvalue weighted by Gasteiger charge is -2.13. The van der Waals surface area contributed by atoms with Crippen molar-refractivity contribution in [3.05, 3.63) is 60.7 Å². The molecule has 124 valence electrons. The van der Waals surface area contributed by atoms with Gasteiger partial charge < -0.3 is 10.1 Å². The van der Waals surface area contributed by atoms with E-state index < -0.39 is 0 Å². The molecule has 2 aromatic rings. The van der Waals surface area contributed by atoms with E-state index in [9.17, 15) is 4.79 Å². The summed E-state index contributed by atoms with van der Waals surface area (Å²) in [5.41, 5.74) is 6.14. The lowest BCUT2D eigenvalue weighted by Crippen LogP contribution is -2.50. The molecule has 0 fully saturated rings. The van der Waals surface area contributed by atoms with E-state index >= 15 is 0 Å². The van der Waals surface area contributed by atoms with E-state index in [0.29, 0.717) is 10.9 Å². The number of hydrogen-bond acceptors (Lipinski definition) is 4. The Bertz CT molecular complexity index is 696. The van der Waals surface area contributed by atoms with Crippen LogP contribution in [-0.4, -0.2) is 22.7 Å². The Morgan fingerprint density at radius 3 is 2.12 bits per heavy atom. The minimum Gasteiger partial charge on any atom is -0.484 e. The molecular weight excluding hydrogens is 344 g/mol. The quantitative estimate of drug-likeness (QED) is 0.491. The van der Waals surface area contributed by atoms with Gasteiger partial charge in [0.25, 0.3) is 5.91 Å². The van der Waals surface area contributed by atoms with Crippen molar-refractivity contribution in [1.82, 2.24) is 16.2 Å². The number of hydrazine groups is 1. The van der Waals surface area contributed by atoms with Crippen molar-refractivity contribution in [1.29, 1.82) is 0 Å². The number of rotatable bonds is 4. The van der Waals surface area contributed by atoms with Gasteiger partial charge in [0, 0.05) is 5.69 Å². The number of hydrogen-bond donors (Lipinski definition) is 4. The third-order valence-corrected chi connectivity index (χ3v) is 3.10. The number of anilines is 1. The maximum Gasteiger partial charge on any atom is 0.264 e. The zero-order valence-corrected chi connectivity index (χ0v) is 14.2. The van der Waals surface area contributed by atoms with Gasteiger partial charge in [-0.05, 0) is 48.7 Å². The molecule has 2 rings (SSSR count). The van der Waals surface area contributed by atoms with Gasteiger partial charge in [-0.2, -0.15) is 0 Å². The summed E-state index contributed by atoms with van der Waals surface area (Å²) in [5, 5.41) is 5.84. The smallest absolute Gasteiger partial charge is 0.264 e. The first-order valence-corrected chi connectivity index (χ1v) is 7.85. The summed E-state index contributed by atoms with van der Waals surface area (Å²) >= 11 is 10.1.